The Morgan fingerprint density at radius 1 is 0.971 bits per heavy atom. The van der Waals surface area contributed by atoms with Gasteiger partial charge in [-0.25, -0.2) is 9.18 Å². The average Bonchev–Trinajstić information content (AvgIpc) is 3.40. The van der Waals surface area contributed by atoms with E-state index in [9.17, 15) is 14.7 Å². The summed E-state index contributed by atoms with van der Waals surface area (Å²) >= 11 is 0. The van der Waals surface area contributed by atoms with E-state index in [1.807, 2.05) is 11.8 Å². The fourth-order valence-electron chi connectivity index (χ4n) is 5.25. The summed E-state index contributed by atoms with van der Waals surface area (Å²) < 4.78 is 16.8. The summed E-state index contributed by atoms with van der Waals surface area (Å²) in [5.74, 6) is -1.80. The van der Waals surface area contributed by atoms with Crippen LogP contribution in [-0.2, 0) is 13.1 Å². The molecular weight excluding hydrogens is 447 g/mol. The van der Waals surface area contributed by atoms with Crippen LogP contribution < -0.4 is 15.2 Å². The molecule has 35 heavy (non-hydrogen) atoms. The van der Waals surface area contributed by atoms with Gasteiger partial charge >= 0.3 is 5.97 Å². The van der Waals surface area contributed by atoms with Crippen molar-refractivity contribution in [3.8, 4) is 0 Å². The number of aromatic carboxylic acids is 1. The normalized spacial score (nSPS) is 16.9. The highest BCUT2D eigenvalue weighted by Crippen LogP contribution is 2.27. The number of hydrogen-bond acceptors (Lipinski definition) is 5. The summed E-state index contributed by atoms with van der Waals surface area (Å²) in [4.78, 5) is 30.9. The minimum Gasteiger partial charge on any atom is -0.477 e. The molecule has 0 unspecified atom stereocenters. The van der Waals surface area contributed by atoms with Crippen LogP contribution in [0.4, 0.5) is 15.8 Å². The maximum absolute atomic E-state index is 15.1. The molecule has 2 aromatic carbocycles. The number of nitrogens with zero attached hydrogens (tertiary/aromatic N) is 4. The highest BCUT2D eigenvalue weighted by Gasteiger charge is 2.23. The predicted molar refractivity (Wildman–Crippen MR) is 136 cm³/mol. The third-order valence-electron chi connectivity index (χ3n) is 7.25. The standard InChI is InChI=1S/C27H31FN4O3/c1-2-30-18-22(27(34)35)26(33)21-15-23(28)25(16-24(21)30)32-13-11-29(12-14-32)17-19-5-7-20(8-6-19)31-9-3-4-10-31/h5-8,15-16,18H,2-4,9-14,17H2,1H3,(H,34,35). The first kappa shape index (κ1) is 23.4. The van der Waals surface area contributed by atoms with Gasteiger partial charge in [-0.3, -0.25) is 9.69 Å². The number of pyridine rings is 1. The maximum atomic E-state index is 15.1. The van der Waals surface area contributed by atoms with E-state index in [4.69, 9.17) is 0 Å². The van der Waals surface area contributed by atoms with E-state index in [0.29, 0.717) is 30.8 Å². The molecule has 0 bridgehead atoms. The van der Waals surface area contributed by atoms with Gasteiger partial charge in [0.15, 0.2) is 0 Å². The van der Waals surface area contributed by atoms with Crippen molar-refractivity contribution in [3.05, 3.63) is 69.8 Å². The van der Waals surface area contributed by atoms with Crippen molar-refractivity contribution in [1.29, 1.82) is 0 Å². The highest BCUT2D eigenvalue weighted by molar-refractivity contribution is 5.93. The molecule has 184 valence electrons. The fourth-order valence-corrected chi connectivity index (χ4v) is 5.25. The van der Waals surface area contributed by atoms with Crippen LogP contribution in [0.1, 0.15) is 35.7 Å². The molecule has 3 heterocycles. The van der Waals surface area contributed by atoms with Crippen LogP contribution >= 0.6 is 0 Å². The summed E-state index contributed by atoms with van der Waals surface area (Å²) in [5.41, 5.74) is 2.59. The van der Waals surface area contributed by atoms with E-state index < -0.39 is 17.2 Å². The fraction of sp³-hybridized carbons (Fsp3) is 0.407. The summed E-state index contributed by atoms with van der Waals surface area (Å²) in [6, 6.07) is 11.7. The van der Waals surface area contributed by atoms with Crippen molar-refractivity contribution in [2.24, 2.45) is 0 Å². The highest BCUT2D eigenvalue weighted by atomic mass is 19.1. The molecule has 2 aliphatic rings. The number of benzene rings is 2. The number of hydrogen-bond donors (Lipinski definition) is 1. The second kappa shape index (κ2) is 9.70. The third-order valence-corrected chi connectivity index (χ3v) is 7.25. The van der Waals surface area contributed by atoms with Gasteiger partial charge in [0.25, 0.3) is 0 Å². The SMILES string of the molecule is CCn1cc(C(=O)O)c(=O)c2cc(F)c(N3CCN(Cc4ccc(N5CCCC5)cc4)CC3)cc21. The number of piperazine rings is 1. The Morgan fingerprint density at radius 2 is 1.66 bits per heavy atom. The number of aromatic nitrogens is 1. The molecule has 1 N–H and O–H groups in total. The van der Waals surface area contributed by atoms with E-state index in [1.54, 1.807) is 10.6 Å². The number of rotatable bonds is 6. The van der Waals surface area contributed by atoms with Crippen molar-refractivity contribution in [2.75, 3.05) is 49.1 Å². The van der Waals surface area contributed by atoms with Crippen LogP contribution in [0.3, 0.4) is 0 Å². The lowest BCUT2D eigenvalue weighted by Crippen LogP contribution is -2.46. The van der Waals surface area contributed by atoms with Crippen molar-refractivity contribution in [2.45, 2.75) is 32.9 Å². The largest absolute Gasteiger partial charge is 0.477 e. The Bertz CT molecular complexity index is 1290. The minimum absolute atomic E-state index is 0.101. The zero-order valence-corrected chi connectivity index (χ0v) is 20.0. The van der Waals surface area contributed by atoms with Gasteiger partial charge in [-0.15, -0.1) is 0 Å². The molecule has 0 amide bonds. The third kappa shape index (κ3) is 4.62. The van der Waals surface area contributed by atoms with Crippen LogP contribution in [0.25, 0.3) is 10.9 Å². The van der Waals surface area contributed by atoms with Gasteiger partial charge in [-0.1, -0.05) is 12.1 Å². The molecule has 0 saturated carbocycles. The lowest BCUT2D eigenvalue weighted by atomic mass is 10.1. The number of carboxylic acid groups (broad SMARTS) is 1. The molecule has 1 aromatic heterocycles. The number of halogens is 1. The summed E-state index contributed by atoms with van der Waals surface area (Å²) in [6.07, 6.45) is 3.88. The molecule has 8 heteroatoms. The molecule has 0 atom stereocenters. The predicted octanol–water partition coefficient (Wildman–Crippen LogP) is 3.78. The van der Waals surface area contributed by atoms with Crippen LogP contribution in [0.15, 0.2) is 47.4 Å². The molecule has 2 saturated heterocycles. The molecule has 5 rings (SSSR count). The van der Waals surface area contributed by atoms with E-state index in [-0.39, 0.29) is 10.9 Å². The van der Waals surface area contributed by atoms with E-state index >= 15 is 4.39 Å². The Kier molecular flexibility index (Phi) is 6.47. The van der Waals surface area contributed by atoms with E-state index in [0.717, 1.165) is 32.7 Å². The number of carbonyl (C=O) groups is 1. The first-order valence-electron chi connectivity index (χ1n) is 12.4. The second-order valence-electron chi connectivity index (χ2n) is 9.41. The first-order chi connectivity index (χ1) is 16.9. The molecule has 3 aromatic rings. The van der Waals surface area contributed by atoms with Gasteiger partial charge in [0.2, 0.25) is 5.43 Å². The molecule has 0 spiro atoms. The van der Waals surface area contributed by atoms with Gasteiger partial charge in [0.05, 0.1) is 11.2 Å². The van der Waals surface area contributed by atoms with E-state index in [2.05, 4.69) is 34.1 Å². The number of aryl methyl sites for hydroxylation is 1. The number of anilines is 2. The van der Waals surface area contributed by atoms with Gasteiger partial charge in [-0.2, -0.15) is 0 Å². The molecular formula is C27H31FN4O3. The summed E-state index contributed by atoms with van der Waals surface area (Å²) in [5, 5.41) is 9.45. The first-order valence-corrected chi connectivity index (χ1v) is 12.4. The smallest absolute Gasteiger partial charge is 0.341 e. The maximum Gasteiger partial charge on any atom is 0.341 e. The monoisotopic (exact) mass is 478 g/mol. The summed E-state index contributed by atoms with van der Waals surface area (Å²) in [6.45, 7) is 8.47. The zero-order chi connectivity index (χ0) is 24.5. The van der Waals surface area contributed by atoms with Crippen molar-refractivity contribution < 1.29 is 14.3 Å². The lowest BCUT2D eigenvalue weighted by Gasteiger charge is -2.36. The molecule has 0 radical (unpaired) electrons. The lowest BCUT2D eigenvalue weighted by molar-refractivity contribution is 0.0695. The minimum atomic E-state index is -1.30. The Hall–Kier alpha value is -3.39. The van der Waals surface area contributed by atoms with Crippen molar-refractivity contribution in [1.82, 2.24) is 9.47 Å². The van der Waals surface area contributed by atoms with E-state index in [1.165, 1.54) is 36.4 Å². The quantitative estimate of drug-likeness (QED) is 0.582. The molecule has 0 aliphatic carbocycles. The molecule has 7 nitrogen and oxygen atoms in total. The Morgan fingerprint density at radius 3 is 2.29 bits per heavy atom. The van der Waals surface area contributed by atoms with Crippen LogP contribution in [0, 0.1) is 5.82 Å². The number of carboxylic acids is 1. The van der Waals surface area contributed by atoms with Crippen molar-refractivity contribution >= 4 is 28.2 Å². The average molecular weight is 479 g/mol. The van der Waals surface area contributed by atoms with Gasteiger partial charge < -0.3 is 19.5 Å². The van der Waals surface area contributed by atoms with Crippen molar-refractivity contribution in [3.63, 3.8) is 0 Å². The van der Waals surface area contributed by atoms with Crippen LogP contribution in [0.5, 0.6) is 0 Å². The number of fused-ring (bicyclic) bond motifs is 1. The van der Waals surface area contributed by atoms with Gasteiger partial charge in [0, 0.05) is 69.6 Å². The summed E-state index contributed by atoms with van der Waals surface area (Å²) in [7, 11) is 0. The van der Waals surface area contributed by atoms with Gasteiger partial charge in [0.1, 0.15) is 11.4 Å². The Labute approximate surface area is 204 Å². The molecule has 2 aliphatic heterocycles. The second-order valence-corrected chi connectivity index (χ2v) is 9.41. The van der Waals surface area contributed by atoms with Crippen LogP contribution in [-0.4, -0.2) is 59.8 Å². The Balaban J connectivity index is 1.29. The van der Waals surface area contributed by atoms with Crippen LogP contribution in [0.2, 0.25) is 0 Å². The van der Waals surface area contributed by atoms with Gasteiger partial charge in [-0.05, 0) is 49.6 Å². The topological polar surface area (TPSA) is 69.0 Å². The zero-order valence-electron chi connectivity index (χ0n) is 20.0. The molecule has 2 fully saturated rings.